The Morgan fingerprint density at radius 1 is 1.16 bits per heavy atom. The van der Waals surface area contributed by atoms with E-state index >= 15 is 0 Å². The summed E-state index contributed by atoms with van der Waals surface area (Å²) in [7, 11) is 1.52. The van der Waals surface area contributed by atoms with E-state index in [9.17, 15) is 19.1 Å². The van der Waals surface area contributed by atoms with Crippen LogP contribution in [0.2, 0.25) is 0 Å². The number of methoxy groups -OCH3 is 1. The van der Waals surface area contributed by atoms with Crippen LogP contribution < -0.4 is 14.4 Å². The monoisotopic (exact) mass is 516 g/mol. The van der Waals surface area contributed by atoms with Gasteiger partial charge in [0.15, 0.2) is 5.13 Å². The van der Waals surface area contributed by atoms with Crippen molar-refractivity contribution in [1.82, 2.24) is 4.98 Å². The summed E-state index contributed by atoms with van der Waals surface area (Å²) in [6.45, 7) is 1.96. The summed E-state index contributed by atoms with van der Waals surface area (Å²) in [6.07, 6.45) is 0.686. The summed E-state index contributed by atoms with van der Waals surface area (Å²) in [4.78, 5) is 32.7. The number of anilines is 1. The predicted octanol–water partition coefficient (Wildman–Crippen LogP) is 5.39. The number of hydrogen-bond acceptors (Lipinski definition) is 7. The number of carbonyl (C=O) groups is 2. The van der Waals surface area contributed by atoms with E-state index in [-0.39, 0.29) is 22.6 Å². The molecule has 37 heavy (non-hydrogen) atoms. The molecule has 1 fully saturated rings. The minimum Gasteiger partial charge on any atom is -0.507 e. The molecule has 0 bridgehead atoms. The summed E-state index contributed by atoms with van der Waals surface area (Å²) >= 11 is 1.10. The van der Waals surface area contributed by atoms with Crippen LogP contribution in [0, 0.1) is 5.82 Å². The number of ether oxygens (including phenoxy) is 2. The lowest BCUT2D eigenvalue weighted by Gasteiger charge is -2.23. The molecule has 186 valence electrons. The fourth-order valence-electron chi connectivity index (χ4n) is 4.87. The van der Waals surface area contributed by atoms with Crippen LogP contribution in [0.25, 0.3) is 16.0 Å². The van der Waals surface area contributed by atoms with Gasteiger partial charge in [0.25, 0.3) is 5.78 Å². The van der Waals surface area contributed by atoms with Gasteiger partial charge in [-0.25, -0.2) is 9.37 Å². The summed E-state index contributed by atoms with van der Waals surface area (Å²) in [6, 6.07) is 15.3. The van der Waals surface area contributed by atoms with Crippen molar-refractivity contribution in [3.05, 3.63) is 88.7 Å². The molecule has 1 saturated heterocycles. The van der Waals surface area contributed by atoms with E-state index in [1.165, 1.54) is 30.2 Å². The zero-order valence-corrected chi connectivity index (χ0v) is 20.7. The molecule has 2 aliphatic rings. The Morgan fingerprint density at radius 2 is 2.00 bits per heavy atom. The second kappa shape index (κ2) is 8.70. The predicted molar refractivity (Wildman–Crippen MR) is 138 cm³/mol. The first-order valence-corrected chi connectivity index (χ1v) is 12.5. The summed E-state index contributed by atoms with van der Waals surface area (Å²) in [5.41, 5.74) is 2.32. The second-order valence-corrected chi connectivity index (χ2v) is 10.0. The molecule has 4 aromatic rings. The Labute approximate surface area is 215 Å². The fraction of sp³-hybridized carbons (Fsp3) is 0.179. The van der Waals surface area contributed by atoms with Gasteiger partial charge in [-0.3, -0.25) is 14.5 Å². The van der Waals surface area contributed by atoms with Crippen LogP contribution in [0.1, 0.15) is 29.7 Å². The van der Waals surface area contributed by atoms with Gasteiger partial charge >= 0.3 is 5.91 Å². The zero-order valence-electron chi connectivity index (χ0n) is 19.9. The average Bonchev–Trinajstić information content (AvgIpc) is 3.55. The third-order valence-corrected chi connectivity index (χ3v) is 7.59. The number of amides is 1. The molecule has 2 atom stereocenters. The van der Waals surface area contributed by atoms with Crippen molar-refractivity contribution < 1.29 is 28.6 Å². The van der Waals surface area contributed by atoms with Crippen molar-refractivity contribution in [3.63, 3.8) is 0 Å². The van der Waals surface area contributed by atoms with Crippen molar-refractivity contribution >= 4 is 44.1 Å². The first-order valence-electron chi connectivity index (χ1n) is 11.6. The van der Waals surface area contributed by atoms with E-state index in [0.29, 0.717) is 33.5 Å². The van der Waals surface area contributed by atoms with E-state index in [1.54, 1.807) is 42.5 Å². The fourth-order valence-corrected chi connectivity index (χ4v) is 5.89. The molecule has 0 spiro atoms. The molecule has 0 saturated carbocycles. The Hall–Kier alpha value is -4.24. The molecule has 0 aliphatic carbocycles. The number of ketones is 1. The molecule has 6 rings (SSSR count). The van der Waals surface area contributed by atoms with Gasteiger partial charge in [-0.15, -0.1) is 0 Å². The normalized spacial score (nSPS) is 20.4. The SMILES string of the molecule is COc1cccc([C@@H]2C(=C(O)c3ccc4c(c3)C[C@H](C)O4)C(=O)C(=O)N2c2nc3ccc(F)cc3s2)c1. The molecule has 1 N–H and O–H groups in total. The van der Waals surface area contributed by atoms with Crippen molar-refractivity contribution in [2.45, 2.75) is 25.5 Å². The standard InChI is InChI=1S/C28H21FN2O5S/c1-14-10-17-11-16(6-9-21(17)36-14)25(32)23-24(15-4-3-5-19(12-15)35-2)31(27(34)26(23)33)28-30-20-8-7-18(29)13-22(20)37-28/h3-9,11-14,24,32H,10H2,1-2H3/t14-,24+/m0/s1. The smallest absolute Gasteiger partial charge is 0.301 e. The van der Waals surface area contributed by atoms with Crippen LogP contribution in [0.3, 0.4) is 0 Å². The lowest BCUT2D eigenvalue weighted by Crippen LogP contribution is -2.29. The van der Waals surface area contributed by atoms with Crippen LogP contribution in [-0.2, 0) is 16.0 Å². The number of benzene rings is 3. The summed E-state index contributed by atoms with van der Waals surface area (Å²) < 4.78 is 25.5. The molecule has 1 amide bonds. The van der Waals surface area contributed by atoms with Gasteiger partial charge < -0.3 is 14.6 Å². The highest BCUT2D eigenvalue weighted by molar-refractivity contribution is 7.22. The van der Waals surface area contributed by atoms with E-state index < -0.39 is 23.5 Å². The van der Waals surface area contributed by atoms with Gasteiger partial charge in [0.2, 0.25) is 0 Å². The van der Waals surface area contributed by atoms with E-state index in [1.807, 2.05) is 6.92 Å². The van der Waals surface area contributed by atoms with Gasteiger partial charge in [0.1, 0.15) is 29.2 Å². The topological polar surface area (TPSA) is 89.0 Å². The van der Waals surface area contributed by atoms with Gasteiger partial charge in [-0.2, -0.15) is 0 Å². The molecule has 3 heterocycles. The van der Waals surface area contributed by atoms with Crippen LogP contribution in [0.4, 0.5) is 9.52 Å². The third-order valence-electron chi connectivity index (χ3n) is 6.57. The molecule has 7 nitrogen and oxygen atoms in total. The third kappa shape index (κ3) is 3.82. The van der Waals surface area contributed by atoms with Crippen molar-refractivity contribution in [2.75, 3.05) is 12.0 Å². The Morgan fingerprint density at radius 3 is 2.81 bits per heavy atom. The number of hydrogen-bond donors (Lipinski definition) is 1. The number of thiazole rings is 1. The summed E-state index contributed by atoms with van der Waals surface area (Å²) in [5, 5.41) is 11.7. The number of aliphatic hydroxyl groups excluding tert-OH is 1. The zero-order chi connectivity index (χ0) is 25.8. The number of fused-ring (bicyclic) bond motifs is 2. The van der Waals surface area contributed by atoms with Crippen LogP contribution >= 0.6 is 11.3 Å². The molecule has 9 heteroatoms. The number of aliphatic hydroxyl groups is 1. The maximum Gasteiger partial charge on any atom is 0.301 e. The van der Waals surface area contributed by atoms with Gasteiger partial charge in [-0.05, 0) is 66.6 Å². The highest BCUT2D eigenvalue weighted by Crippen LogP contribution is 2.45. The number of nitrogens with zero attached hydrogens (tertiary/aromatic N) is 2. The largest absolute Gasteiger partial charge is 0.507 e. The Bertz CT molecular complexity index is 1630. The van der Waals surface area contributed by atoms with Crippen LogP contribution in [0.15, 0.2) is 66.2 Å². The van der Waals surface area contributed by atoms with Gasteiger partial charge in [0.05, 0.1) is 28.9 Å². The minimum absolute atomic E-state index is 0.0126. The van der Waals surface area contributed by atoms with E-state index in [2.05, 4.69) is 4.98 Å². The molecule has 1 aromatic heterocycles. The molecular formula is C28H21FN2O5S. The molecule has 3 aromatic carbocycles. The van der Waals surface area contributed by atoms with Gasteiger partial charge in [-0.1, -0.05) is 23.5 Å². The maximum absolute atomic E-state index is 13.8. The Kier molecular flexibility index (Phi) is 5.45. The molecule has 0 unspecified atom stereocenters. The second-order valence-electron chi connectivity index (χ2n) is 9.01. The lowest BCUT2D eigenvalue weighted by atomic mass is 9.94. The maximum atomic E-state index is 13.8. The highest BCUT2D eigenvalue weighted by Gasteiger charge is 2.48. The first-order chi connectivity index (χ1) is 17.8. The first kappa shape index (κ1) is 23.2. The number of carbonyl (C=O) groups excluding carboxylic acids is 2. The van der Waals surface area contributed by atoms with Crippen LogP contribution in [0.5, 0.6) is 11.5 Å². The lowest BCUT2D eigenvalue weighted by molar-refractivity contribution is -0.132. The number of rotatable bonds is 4. The number of aromatic nitrogens is 1. The highest BCUT2D eigenvalue weighted by atomic mass is 32.1. The van der Waals surface area contributed by atoms with E-state index in [0.717, 1.165) is 22.6 Å². The van der Waals surface area contributed by atoms with Crippen molar-refractivity contribution in [1.29, 1.82) is 0 Å². The van der Waals surface area contributed by atoms with Crippen LogP contribution in [-0.4, -0.2) is 35.0 Å². The van der Waals surface area contributed by atoms with E-state index in [4.69, 9.17) is 9.47 Å². The minimum atomic E-state index is -0.969. The quantitative estimate of drug-likeness (QED) is 0.222. The van der Waals surface area contributed by atoms with Crippen molar-refractivity contribution in [3.8, 4) is 11.5 Å². The number of Topliss-reactive ketones (excluding diaryl/α,β-unsaturated/α-hetero) is 1. The Balaban J connectivity index is 1.54. The summed E-state index contributed by atoms with van der Waals surface area (Å²) in [5.74, 6) is -1.12. The van der Waals surface area contributed by atoms with Gasteiger partial charge in [0, 0.05) is 12.0 Å². The molecular weight excluding hydrogens is 495 g/mol. The molecule has 0 radical (unpaired) electrons. The van der Waals surface area contributed by atoms with Crippen molar-refractivity contribution in [2.24, 2.45) is 0 Å². The number of halogens is 1. The molecule has 2 aliphatic heterocycles. The average molecular weight is 517 g/mol.